The monoisotopic (exact) mass is 357 g/mol. The minimum absolute atomic E-state index is 0.0843. The zero-order chi connectivity index (χ0) is 18.4. The molecule has 1 aromatic carbocycles. The lowest BCUT2D eigenvalue weighted by atomic mass is 9.85. The van der Waals surface area contributed by atoms with E-state index in [4.69, 9.17) is 5.73 Å². The van der Waals surface area contributed by atoms with E-state index in [-0.39, 0.29) is 29.7 Å². The minimum Gasteiger partial charge on any atom is -0.399 e. The van der Waals surface area contributed by atoms with Crippen molar-refractivity contribution in [3.05, 3.63) is 29.8 Å². The van der Waals surface area contributed by atoms with Crippen molar-refractivity contribution < 1.29 is 9.59 Å². The molecule has 4 N–H and O–H groups in total. The van der Waals surface area contributed by atoms with E-state index in [9.17, 15) is 9.59 Å². The second-order valence-electron chi connectivity index (χ2n) is 7.82. The third-order valence-electron chi connectivity index (χ3n) is 5.86. The number of hydrogen-bond donors (Lipinski definition) is 3. The third kappa shape index (κ3) is 5.23. The standard InChI is InChI=1S/C21H31N3O2/c22-18-9-5-15(6-10-18)13-14-23-20(25)17-7-11-19(12-8-17)24-21(26)16-3-1-2-4-16/h5-6,9-10,16-17,19H,1-4,7-8,11-14,22H2,(H,23,25)(H,24,26). The van der Waals surface area contributed by atoms with Gasteiger partial charge in [-0.15, -0.1) is 0 Å². The van der Waals surface area contributed by atoms with Gasteiger partial charge in [-0.05, 0) is 62.6 Å². The Balaban J connectivity index is 1.34. The molecule has 0 atom stereocenters. The van der Waals surface area contributed by atoms with Crippen molar-refractivity contribution in [3.63, 3.8) is 0 Å². The fourth-order valence-electron chi connectivity index (χ4n) is 4.17. The maximum Gasteiger partial charge on any atom is 0.223 e. The molecule has 5 heteroatoms. The van der Waals surface area contributed by atoms with Crippen molar-refractivity contribution in [1.29, 1.82) is 0 Å². The Morgan fingerprint density at radius 3 is 2.15 bits per heavy atom. The summed E-state index contributed by atoms with van der Waals surface area (Å²) in [5, 5.41) is 6.27. The van der Waals surface area contributed by atoms with Gasteiger partial charge in [0.05, 0.1) is 0 Å². The van der Waals surface area contributed by atoms with Crippen molar-refractivity contribution in [3.8, 4) is 0 Å². The predicted octanol–water partition coefficient (Wildman–Crippen LogP) is 2.79. The summed E-state index contributed by atoms with van der Waals surface area (Å²) in [6.07, 6.45) is 8.81. The molecule has 2 amide bonds. The van der Waals surface area contributed by atoms with Crippen molar-refractivity contribution in [1.82, 2.24) is 10.6 Å². The quantitative estimate of drug-likeness (QED) is 0.685. The van der Waals surface area contributed by atoms with Gasteiger partial charge in [0.25, 0.3) is 0 Å². The van der Waals surface area contributed by atoms with E-state index in [0.717, 1.165) is 50.6 Å². The highest BCUT2D eigenvalue weighted by Crippen LogP contribution is 2.27. The van der Waals surface area contributed by atoms with Gasteiger partial charge in [0, 0.05) is 30.1 Å². The van der Waals surface area contributed by atoms with Crippen LogP contribution in [0, 0.1) is 11.8 Å². The molecule has 0 saturated heterocycles. The first-order valence-electron chi connectivity index (χ1n) is 10.0. The van der Waals surface area contributed by atoms with Crippen molar-refractivity contribution in [2.45, 2.75) is 63.8 Å². The number of nitrogens with one attached hydrogen (secondary N) is 2. The molecule has 0 spiro atoms. The maximum absolute atomic E-state index is 12.4. The van der Waals surface area contributed by atoms with Gasteiger partial charge in [-0.25, -0.2) is 0 Å². The SMILES string of the molecule is Nc1ccc(CCNC(=O)C2CCC(NC(=O)C3CCCC3)CC2)cc1. The van der Waals surface area contributed by atoms with Crippen LogP contribution < -0.4 is 16.4 Å². The molecule has 142 valence electrons. The summed E-state index contributed by atoms with van der Waals surface area (Å²) < 4.78 is 0. The lowest BCUT2D eigenvalue weighted by Gasteiger charge is -2.29. The molecule has 0 bridgehead atoms. The summed E-state index contributed by atoms with van der Waals surface area (Å²) in [7, 11) is 0. The molecule has 0 aromatic heterocycles. The second kappa shape index (κ2) is 9.06. The van der Waals surface area contributed by atoms with Crippen LogP contribution in [0.15, 0.2) is 24.3 Å². The van der Waals surface area contributed by atoms with Gasteiger partial charge in [-0.1, -0.05) is 25.0 Å². The van der Waals surface area contributed by atoms with Crippen LogP contribution in [0.4, 0.5) is 5.69 Å². The Bertz CT molecular complexity index is 600. The van der Waals surface area contributed by atoms with Gasteiger partial charge in [-0.2, -0.15) is 0 Å². The summed E-state index contributed by atoms with van der Waals surface area (Å²) in [5.74, 6) is 0.699. The lowest BCUT2D eigenvalue weighted by Crippen LogP contribution is -2.42. The first-order valence-corrected chi connectivity index (χ1v) is 10.0. The van der Waals surface area contributed by atoms with E-state index in [2.05, 4.69) is 10.6 Å². The van der Waals surface area contributed by atoms with Crippen molar-refractivity contribution >= 4 is 17.5 Å². The van der Waals surface area contributed by atoms with E-state index in [0.29, 0.717) is 6.54 Å². The molecule has 2 saturated carbocycles. The molecule has 3 rings (SSSR count). The number of rotatable bonds is 6. The summed E-state index contributed by atoms with van der Waals surface area (Å²) in [5.41, 5.74) is 7.62. The molecular formula is C21H31N3O2. The Hall–Kier alpha value is -2.04. The van der Waals surface area contributed by atoms with Gasteiger partial charge in [0.2, 0.25) is 11.8 Å². The Morgan fingerprint density at radius 1 is 0.885 bits per heavy atom. The van der Waals surface area contributed by atoms with E-state index >= 15 is 0 Å². The van der Waals surface area contributed by atoms with Crippen LogP contribution in [-0.2, 0) is 16.0 Å². The highest BCUT2D eigenvalue weighted by molar-refractivity contribution is 5.80. The summed E-state index contributed by atoms with van der Waals surface area (Å²) in [6.45, 7) is 0.654. The molecule has 0 unspecified atom stereocenters. The fourth-order valence-corrected chi connectivity index (χ4v) is 4.17. The number of carbonyl (C=O) groups is 2. The van der Waals surface area contributed by atoms with Crippen LogP contribution in [0.1, 0.15) is 56.9 Å². The normalized spacial score (nSPS) is 23.5. The molecule has 1 aromatic rings. The van der Waals surface area contributed by atoms with E-state index in [1.165, 1.54) is 18.4 Å². The van der Waals surface area contributed by atoms with Gasteiger partial charge >= 0.3 is 0 Å². The zero-order valence-electron chi connectivity index (χ0n) is 15.5. The number of hydrogen-bond acceptors (Lipinski definition) is 3. The number of anilines is 1. The van der Waals surface area contributed by atoms with Gasteiger partial charge < -0.3 is 16.4 Å². The van der Waals surface area contributed by atoms with Crippen LogP contribution in [0.25, 0.3) is 0 Å². The van der Waals surface area contributed by atoms with Crippen LogP contribution in [-0.4, -0.2) is 24.4 Å². The highest BCUT2D eigenvalue weighted by atomic mass is 16.2. The first kappa shape index (κ1) is 18.7. The summed E-state index contributed by atoms with van der Waals surface area (Å²) in [4.78, 5) is 24.6. The van der Waals surface area contributed by atoms with E-state index < -0.39 is 0 Å². The van der Waals surface area contributed by atoms with E-state index in [1.54, 1.807) is 0 Å². The average Bonchev–Trinajstić information content (AvgIpc) is 3.19. The predicted molar refractivity (Wildman–Crippen MR) is 103 cm³/mol. The molecule has 2 fully saturated rings. The Kier molecular flexibility index (Phi) is 6.53. The van der Waals surface area contributed by atoms with Crippen LogP contribution in [0.2, 0.25) is 0 Å². The summed E-state index contributed by atoms with van der Waals surface area (Å²) >= 11 is 0. The number of amides is 2. The van der Waals surface area contributed by atoms with Crippen molar-refractivity contribution in [2.24, 2.45) is 11.8 Å². The smallest absolute Gasteiger partial charge is 0.223 e. The molecule has 0 aliphatic heterocycles. The number of benzene rings is 1. The number of nitrogens with two attached hydrogens (primary N) is 1. The van der Waals surface area contributed by atoms with Crippen LogP contribution in [0.5, 0.6) is 0 Å². The van der Waals surface area contributed by atoms with Gasteiger partial charge in [0.1, 0.15) is 0 Å². The average molecular weight is 357 g/mol. The minimum atomic E-state index is 0.0843. The Morgan fingerprint density at radius 2 is 1.50 bits per heavy atom. The highest BCUT2D eigenvalue weighted by Gasteiger charge is 2.29. The topological polar surface area (TPSA) is 84.2 Å². The van der Waals surface area contributed by atoms with Gasteiger partial charge in [0.15, 0.2) is 0 Å². The first-order chi connectivity index (χ1) is 12.6. The largest absolute Gasteiger partial charge is 0.399 e. The van der Waals surface area contributed by atoms with E-state index in [1.807, 2.05) is 24.3 Å². The lowest BCUT2D eigenvalue weighted by molar-refractivity contribution is -0.126. The third-order valence-corrected chi connectivity index (χ3v) is 5.86. The molecular weight excluding hydrogens is 326 g/mol. The van der Waals surface area contributed by atoms with Crippen molar-refractivity contribution in [2.75, 3.05) is 12.3 Å². The molecule has 2 aliphatic rings. The maximum atomic E-state index is 12.4. The molecule has 2 aliphatic carbocycles. The number of nitrogen functional groups attached to an aromatic ring is 1. The molecule has 0 heterocycles. The zero-order valence-corrected chi connectivity index (χ0v) is 15.5. The molecule has 0 radical (unpaired) electrons. The second-order valence-corrected chi connectivity index (χ2v) is 7.82. The molecule has 26 heavy (non-hydrogen) atoms. The number of carbonyl (C=O) groups excluding carboxylic acids is 2. The summed E-state index contributed by atoms with van der Waals surface area (Å²) in [6, 6.07) is 8.03. The Labute approximate surface area is 156 Å². The van der Waals surface area contributed by atoms with Gasteiger partial charge in [-0.3, -0.25) is 9.59 Å². The molecule has 5 nitrogen and oxygen atoms in total. The van der Waals surface area contributed by atoms with Crippen LogP contribution in [0.3, 0.4) is 0 Å². The fraction of sp³-hybridized carbons (Fsp3) is 0.619. The van der Waals surface area contributed by atoms with Crippen LogP contribution >= 0.6 is 0 Å².